The molecule has 0 bridgehead atoms. The molecule has 0 aliphatic carbocycles. The number of nitro benzene ring substituents is 1. The van der Waals surface area contributed by atoms with Crippen LogP contribution < -0.4 is 0 Å². The van der Waals surface area contributed by atoms with Crippen molar-refractivity contribution in [3.8, 4) is 0 Å². The highest BCUT2D eigenvalue weighted by Gasteiger charge is 2.28. The minimum absolute atomic E-state index is 0.113. The molecule has 2 aromatic rings. The number of amides is 1. The molecule has 1 amide bonds. The third kappa shape index (κ3) is 4.41. The predicted octanol–water partition coefficient (Wildman–Crippen LogP) is 4.73. The highest BCUT2D eigenvalue weighted by atomic mass is 35.5. The number of carbonyl (C=O) groups is 1. The first kappa shape index (κ1) is 18.4. The van der Waals surface area contributed by atoms with Crippen molar-refractivity contribution in [1.82, 2.24) is 4.90 Å². The summed E-state index contributed by atoms with van der Waals surface area (Å²) < 4.78 is 0. The molecule has 26 heavy (non-hydrogen) atoms. The van der Waals surface area contributed by atoms with Crippen LogP contribution in [0.15, 0.2) is 48.5 Å². The van der Waals surface area contributed by atoms with Crippen LogP contribution in [0.1, 0.15) is 35.2 Å². The van der Waals surface area contributed by atoms with Gasteiger partial charge in [0.2, 0.25) is 0 Å². The van der Waals surface area contributed by atoms with Crippen molar-refractivity contribution in [2.75, 3.05) is 13.1 Å². The van der Waals surface area contributed by atoms with Crippen molar-refractivity contribution in [2.24, 2.45) is 5.92 Å². The summed E-state index contributed by atoms with van der Waals surface area (Å²) in [5, 5.41) is 11.5. The van der Waals surface area contributed by atoms with Crippen LogP contribution in [0.25, 0.3) is 0 Å². The normalized spacial score (nSPS) is 15.0. The lowest BCUT2D eigenvalue weighted by molar-refractivity contribution is -0.385. The molecule has 1 saturated heterocycles. The minimum atomic E-state index is -0.550. The summed E-state index contributed by atoms with van der Waals surface area (Å²) in [5.41, 5.74) is 1.22. The largest absolute Gasteiger partial charge is 0.338 e. The first-order valence-electron chi connectivity index (χ1n) is 8.81. The van der Waals surface area contributed by atoms with Gasteiger partial charge >= 0.3 is 0 Å². The van der Waals surface area contributed by atoms with Crippen molar-refractivity contribution < 1.29 is 9.72 Å². The Bertz CT molecular complexity index is 787. The van der Waals surface area contributed by atoms with Gasteiger partial charge in [-0.2, -0.15) is 0 Å². The number of halogens is 1. The number of rotatable bonds is 5. The number of carbonyl (C=O) groups excluding carboxylic acids is 1. The Kier molecular flexibility index (Phi) is 5.89. The molecule has 0 saturated carbocycles. The monoisotopic (exact) mass is 372 g/mol. The second-order valence-corrected chi connectivity index (χ2v) is 7.11. The first-order chi connectivity index (χ1) is 12.5. The molecule has 1 fully saturated rings. The second kappa shape index (κ2) is 8.32. The standard InChI is InChI=1S/C20H21ClN2O3/c21-17-8-9-18(19(14-17)23(25)26)20(24)22-12-10-16(11-13-22)7-6-15-4-2-1-3-5-15/h1-5,8-9,14,16H,6-7,10-13H2. The Labute approximate surface area is 157 Å². The van der Waals surface area contributed by atoms with Gasteiger partial charge in [0.15, 0.2) is 0 Å². The highest BCUT2D eigenvalue weighted by molar-refractivity contribution is 6.31. The molecule has 1 heterocycles. The van der Waals surface area contributed by atoms with Gasteiger partial charge in [-0.1, -0.05) is 41.9 Å². The molecule has 1 aliphatic heterocycles. The SMILES string of the molecule is O=C(c1ccc(Cl)cc1[N+](=O)[O-])N1CCC(CCc2ccccc2)CC1. The van der Waals surface area contributed by atoms with Gasteiger partial charge in [0.05, 0.1) is 4.92 Å². The summed E-state index contributed by atoms with van der Waals surface area (Å²) in [6.45, 7) is 1.27. The average Bonchev–Trinajstić information content (AvgIpc) is 2.67. The summed E-state index contributed by atoms with van der Waals surface area (Å²) >= 11 is 5.83. The number of likely N-dealkylation sites (tertiary alicyclic amines) is 1. The van der Waals surface area contributed by atoms with Crippen LogP contribution >= 0.6 is 11.6 Å². The molecule has 2 aromatic carbocycles. The number of nitro groups is 1. The lowest BCUT2D eigenvalue weighted by Crippen LogP contribution is -2.38. The second-order valence-electron chi connectivity index (χ2n) is 6.68. The number of aryl methyl sites for hydroxylation is 1. The fourth-order valence-electron chi connectivity index (χ4n) is 3.45. The van der Waals surface area contributed by atoms with Crippen molar-refractivity contribution >= 4 is 23.2 Å². The number of hydrogen-bond acceptors (Lipinski definition) is 3. The van der Waals surface area contributed by atoms with E-state index in [0.29, 0.717) is 19.0 Å². The van der Waals surface area contributed by atoms with Crippen molar-refractivity contribution in [3.05, 3.63) is 74.8 Å². The molecule has 0 N–H and O–H groups in total. The van der Waals surface area contributed by atoms with Crippen LogP contribution in [0.2, 0.25) is 5.02 Å². The van der Waals surface area contributed by atoms with Crippen LogP contribution in [-0.4, -0.2) is 28.8 Å². The first-order valence-corrected chi connectivity index (χ1v) is 9.19. The van der Waals surface area contributed by atoms with E-state index in [4.69, 9.17) is 11.6 Å². The topological polar surface area (TPSA) is 63.4 Å². The van der Waals surface area contributed by atoms with Crippen LogP contribution in [0.3, 0.4) is 0 Å². The Morgan fingerprint density at radius 1 is 1.15 bits per heavy atom. The van der Waals surface area contributed by atoms with Crippen LogP contribution in [-0.2, 0) is 6.42 Å². The zero-order valence-corrected chi connectivity index (χ0v) is 15.2. The molecule has 6 heteroatoms. The minimum Gasteiger partial charge on any atom is -0.338 e. The molecular weight excluding hydrogens is 352 g/mol. The molecule has 3 rings (SSSR count). The van der Waals surface area contributed by atoms with Crippen molar-refractivity contribution in [3.63, 3.8) is 0 Å². The zero-order chi connectivity index (χ0) is 18.5. The van der Waals surface area contributed by atoms with E-state index in [2.05, 4.69) is 24.3 Å². The number of benzene rings is 2. The van der Waals surface area contributed by atoms with Gasteiger partial charge in [-0.05, 0) is 49.3 Å². The molecule has 0 radical (unpaired) electrons. The summed E-state index contributed by atoms with van der Waals surface area (Å²) in [5.74, 6) is 0.300. The Morgan fingerprint density at radius 3 is 2.50 bits per heavy atom. The van der Waals surface area contributed by atoms with Gasteiger partial charge in [-0.15, -0.1) is 0 Å². The average molecular weight is 373 g/mol. The maximum Gasteiger partial charge on any atom is 0.283 e. The molecule has 5 nitrogen and oxygen atoms in total. The number of piperidine rings is 1. The van der Waals surface area contributed by atoms with Crippen molar-refractivity contribution in [1.29, 1.82) is 0 Å². The summed E-state index contributed by atoms with van der Waals surface area (Å²) in [7, 11) is 0. The molecule has 0 aromatic heterocycles. The number of nitrogens with zero attached hydrogens (tertiary/aromatic N) is 2. The molecular formula is C20H21ClN2O3. The van der Waals surface area contributed by atoms with E-state index in [1.807, 2.05) is 6.07 Å². The van der Waals surface area contributed by atoms with E-state index in [1.54, 1.807) is 4.90 Å². The van der Waals surface area contributed by atoms with E-state index in [-0.39, 0.29) is 22.2 Å². The van der Waals surface area contributed by atoms with Gasteiger partial charge in [-0.25, -0.2) is 0 Å². The van der Waals surface area contributed by atoms with E-state index in [9.17, 15) is 14.9 Å². The number of hydrogen-bond donors (Lipinski definition) is 0. The lowest BCUT2D eigenvalue weighted by Gasteiger charge is -2.32. The fourth-order valence-corrected chi connectivity index (χ4v) is 3.61. The van der Waals surface area contributed by atoms with Crippen LogP contribution in [0.4, 0.5) is 5.69 Å². The predicted molar refractivity (Wildman–Crippen MR) is 101 cm³/mol. The molecule has 0 atom stereocenters. The summed E-state index contributed by atoms with van der Waals surface area (Å²) in [4.78, 5) is 25.1. The Balaban J connectivity index is 1.58. The zero-order valence-electron chi connectivity index (χ0n) is 14.4. The van der Waals surface area contributed by atoms with Crippen LogP contribution in [0.5, 0.6) is 0 Å². The van der Waals surface area contributed by atoms with Crippen LogP contribution in [0, 0.1) is 16.0 Å². The van der Waals surface area contributed by atoms with Gasteiger partial charge < -0.3 is 4.90 Å². The Hall–Kier alpha value is -2.40. The van der Waals surface area contributed by atoms with Gasteiger partial charge in [0, 0.05) is 24.2 Å². The Morgan fingerprint density at radius 2 is 1.85 bits per heavy atom. The highest BCUT2D eigenvalue weighted by Crippen LogP contribution is 2.28. The summed E-state index contributed by atoms with van der Waals surface area (Å²) in [6, 6.07) is 14.6. The third-order valence-electron chi connectivity index (χ3n) is 4.97. The van der Waals surface area contributed by atoms with Crippen molar-refractivity contribution in [2.45, 2.75) is 25.7 Å². The maximum atomic E-state index is 12.7. The van der Waals surface area contributed by atoms with E-state index < -0.39 is 4.92 Å². The fraction of sp³-hybridized carbons (Fsp3) is 0.350. The lowest BCUT2D eigenvalue weighted by atomic mass is 9.90. The molecule has 0 unspecified atom stereocenters. The van der Waals surface area contributed by atoms with Gasteiger partial charge in [0.1, 0.15) is 5.56 Å². The maximum absolute atomic E-state index is 12.7. The van der Waals surface area contributed by atoms with E-state index >= 15 is 0 Å². The van der Waals surface area contributed by atoms with Gasteiger partial charge in [0.25, 0.3) is 11.6 Å². The molecule has 1 aliphatic rings. The molecule has 136 valence electrons. The van der Waals surface area contributed by atoms with E-state index in [1.165, 1.54) is 23.8 Å². The molecule has 0 spiro atoms. The smallest absolute Gasteiger partial charge is 0.283 e. The van der Waals surface area contributed by atoms with Gasteiger partial charge in [-0.3, -0.25) is 14.9 Å². The third-order valence-corrected chi connectivity index (χ3v) is 5.21. The van der Waals surface area contributed by atoms with E-state index in [0.717, 1.165) is 25.7 Å². The quantitative estimate of drug-likeness (QED) is 0.562. The summed E-state index contributed by atoms with van der Waals surface area (Å²) in [6.07, 6.45) is 4.01.